The zero-order valence-electron chi connectivity index (χ0n) is 10.5. The van der Waals surface area contributed by atoms with E-state index in [1.54, 1.807) is 18.0 Å². The van der Waals surface area contributed by atoms with Gasteiger partial charge in [-0.25, -0.2) is 4.98 Å². The van der Waals surface area contributed by atoms with E-state index in [1.165, 1.54) is 0 Å². The molecule has 1 heterocycles. The van der Waals surface area contributed by atoms with Gasteiger partial charge in [-0.2, -0.15) is 11.8 Å². The van der Waals surface area contributed by atoms with Gasteiger partial charge in [0.25, 0.3) is 0 Å². The highest BCUT2D eigenvalue weighted by atomic mass is 32.2. The van der Waals surface area contributed by atoms with Crippen LogP contribution in [-0.4, -0.2) is 16.8 Å². The van der Waals surface area contributed by atoms with E-state index >= 15 is 0 Å². The lowest BCUT2D eigenvalue weighted by molar-refractivity contribution is 0.530. The van der Waals surface area contributed by atoms with Crippen LogP contribution in [-0.2, 0) is 5.75 Å². The van der Waals surface area contributed by atoms with E-state index in [4.69, 9.17) is 10.2 Å². The minimum atomic E-state index is 0.263. The van der Waals surface area contributed by atoms with Gasteiger partial charge in [0, 0.05) is 17.4 Å². The van der Waals surface area contributed by atoms with Gasteiger partial charge in [0.15, 0.2) is 5.76 Å². The summed E-state index contributed by atoms with van der Waals surface area (Å²) in [6.07, 6.45) is 2.79. The highest BCUT2D eigenvalue weighted by Crippen LogP contribution is 2.22. The second-order valence-corrected chi connectivity index (χ2v) is 5.20. The maximum Gasteiger partial charge on any atom is 0.204 e. The van der Waals surface area contributed by atoms with Gasteiger partial charge < -0.3 is 10.2 Å². The molecule has 0 spiro atoms. The normalized spacial score (nSPS) is 12.6. The molecule has 4 heteroatoms. The molecule has 0 amide bonds. The Balaban J connectivity index is 1.91. The number of hydrogen-bond acceptors (Lipinski definition) is 4. The van der Waals surface area contributed by atoms with E-state index in [0.717, 1.165) is 35.1 Å². The zero-order chi connectivity index (χ0) is 12.8. The summed E-state index contributed by atoms with van der Waals surface area (Å²) in [5.74, 6) is 3.31. The molecule has 0 saturated carbocycles. The number of rotatable bonds is 6. The molecule has 2 rings (SSSR count). The second kappa shape index (κ2) is 6.61. The number of oxazole rings is 1. The number of hydrogen-bond donors (Lipinski definition) is 1. The molecule has 1 aromatic carbocycles. The monoisotopic (exact) mass is 262 g/mol. The van der Waals surface area contributed by atoms with E-state index in [9.17, 15) is 0 Å². The third-order valence-corrected chi connectivity index (χ3v) is 3.81. The number of nitrogens with zero attached hydrogens (tertiary/aromatic N) is 1. The first-order chi connectivity index (χ1) is 8.79. The van der Waals surface area contributed by atoms with Crippen molar-refractivity contribution < 1.29 is 4.42 Å². The first kappa shape index (κ1) is 13.2. The third kappa shape index (κ3) is 3.62. The molecule has 0 aliphatic rings. The van der Waals surface area contributed by atoms with Gasteiger partial charge in [-0.05, 0) is 6.42 Å². The summed E-state index contributed by atoms with van der Waals surface area (Å²) in [5, 5.41) is 0. The van der Waals surface area contributed by atoms with Crippen LogP contribution in [0.15, 0.2) is 40.9 Å². The van der Waals surface area contributed by atoms with Crippen LogP contribution in [0.3, 0.4) is 0 Å². The largest absolute Gasteiger partial charge is 0.440 e. The Bertz CT molecular complexity index is 470. The van der Waals surface area contributed by atoms with Gasteiger partial charge in [0.1, 0.15) is 0 Å². The van der Waals surface area contributed by atoms with Gasteiger partial charge in [0.2, 0.25) is 5.89 Å². The minimum absolute atomic E-state index is 0.263. The summed E-state index contributed by atoms with van der Waals surface area (Å²) < 4.78 is 5.71. The first-order valence-corrected chi connectivity index (χ1v) is 7.28. The molecule has 0 aliphatic carbocycles. The van der Waals surface area contributed by atoms with E-state index in [2.05, 4.69) is 11.9 Å². The standard InChI is InChI=1S/C14H18N2OS/c1-2-12(15)9-18-10-14-16-8-13(17-14)11-6-4-3-5-7-11/h3-8,12H,2,9-10,15H2,1H3. The zero-order valence-corrected chi connectivity index (χ0v) is 11.3. The van der Waals surface area contributed by atoms with Crippen LogP contribution in [0, 0.1) is 0 Å². The Morgan fingerprint density at radius 2 is 2.11 bits per heavy atom. The summed E-state index contributed by atoms with van der Waals surface area (Å²) in [4.78, 5) is 4.29. The van der Waals surface area contributed by atoms with Crippen LogP contribution < -0.4 is 5.73 Å². The van der Waals surface area contributed by atoms with Crippen LogP contribution in [0.2, 0.25) is 0 Å². The molecule has 96 valence electrons. The van der Waals surface area contributed by atoms with Crippen molar-refractivity contribution in [2.24, 2.45) is 5.73 Å². The van der Waals surface area contributed by atoms with E-state index in [1.807, 2.05) is 30.3 Å². The lowest BCUT2D eigenvalue weighted by atomic mass is 10.2. The molecule has 0 bridgehead atoms. The fraction of sp³-hybridized carbons (Fsp3) is 0.357. The number of aromatic nitrogens is 1. The molecule has 3 nitrogen and oxygen atoms in total. The van der Waals surface area contributed by atoms with Gasteiger partial charge in [-0.1, -0.05) is 37.3 Å². The number of nitrogens with two attached hydrogens (primary N) is 1. The Hall–Kier alpha value is -1.26. The Kier molecular flexibility index (Phi) is 4.84. The first-order valence-electron chi connectivity index (χ1n) is 6.13. The molecular weight excluding hydrogens is 244 g/mol. The summed E-state index contributed by atoms with van der Waals surface area (Å²) >= 11 is 1.77. The predicted octanol–water partition coefficient (Wildman–Crippen LogP) is 3.31. The highest BCUT2D eigenvalue weighted by molar-refractivity contribution is 7.98. The van der Waals surface area contributed by atoms with Crippen molar-refractivity contribution in [1.82, 2.24) is 4.98 Å². The van der Waals surface area contributed by atoms with Crippen molar-refractivity contribution in [2.75, 3.05) is 5.75 Å². The van der Waals surface area contributed by atoms with Crippen LogP contribution in [0.1, 0.15) is 19.2 Å². The van der Waals surface area contributed by atoms with Gasteiger partial charge in [0.05, 0.1) is 11.9 Å². The molecule has 0 radical (unpaired) electrons. The van der Waals surface area contributed by atoms with Crippen molar-refractivity contribution in [3.63, 3.8) is 0 Å². The van der Waals surface area contributed by atoms with Gasteiger partial charge in [-0.3, -0.25) is 0 Å². The van der Waals surface area contributed by atoms with Crippen molar-refractivity contribution in [1.29, 1.82) is 0 Å². The van der Waals surface area contributed by atoms with Crippen LogP contribution >= 0.6 is 11.8 Å². The quantitative estimate of drug-likeness (QED) is 0.867. The number of benzene rings is 1. The third-order valence-electron chi connectivity index (χ3n) is 2.69. The van der Waals surface area contributed by atoms with Crippen LogP contribution in [0.5, 0.6) is 0 Å². The Morgan fingerprint density at radius 3 is 2.83 bits per heavy atom. The van der Waals surface area contributed by atoms with Crippen molar-refractivity contribution in [3.05, 3.63) is 42.4 Å². The van der Waals surface area contributed by atoms with Gasteiger partial charge in [-0.15, -0.1) is 0 Å². The maximum atomic E-state index is 5.86. The second-order valence-electron chi connectivity index (χ2n) is 4.17. The van der Waals surface area contributed by atoms with Crippen molar-refractivity contribution >= 4 is 11.8 Å². The van der Waals surface area contributed by atoms with Crippen LogP contribution in [0.25, 0.3) is 11.3 Å². The predicted molar refractivity (Wildman–Crippen MR) is 76.4 cm³/mol. The minimum Gasteiger partial charge on any atom is -0.440 e. The fourth-order valence-corrected chi connectivity index (χ4v) is 2.49. The van der Waals surface area contributed by atoms with E-state index < -0.39 is 0 Å². The fourth-order valence-electron chi connectivity index (χ4n) is 1.53. The van der Waals surface area contributed by atoms with E-state index in [0.29, 0.717) is 0 Å². The molecule has 0 saturated heterocycles. The molecule has 18 heavy (non-hydrogen) atoms. The summed E-state index contributed by atoms with van der Waals surface area (Å²) in [7, 11) is 0. The molecule has 2 N–H and O–H groups in total. The molecule has 1 unspecified atom stereocenters. The summed E-state index contributed by atoms with van der Waals surface area (Å²) in [6.45, 7) is 2.10. The molecule has 1 atom stereocenters. The van der Waals surface area contributed by atoms with Crippen LogP contribution in [0.4, 0.5) is 0 Å². The molecule has 0 fully saturated rings. The average Bonchev–Trinajstić information content (AvgIpc) is 2.88. The van der Waals surface area contributed by atoms with E-state index in [-0.39, 0.29) is 6.04 Å². The number of thioether (sulfide) groups is 1. The topological polar surface area (TPSA) is 52.0 Å². The van der Waals surface area contributed by atoms with Crippen molar-refractivity contribution in [2.45, 2.75) is 25.1 Å². The summed E-state index contributed by atoms with van der Waals surface area (Å²) in [5.41, 5.74) is 6.92. The maximum absolute atomic E-state index is 5.86. The lowest BCUT2D eigenvalue weighted by Gasteiger charge is -2.05. The average molecular weight is 262 g/mol. The Morgan fingerprint density at radius 1 is 1.33 bits per heavy atom. The Labute approximate surface area is 112 Å². The van der Waals surface area contributed by atoms with Gasteiger partial charge >= 0.3 is 0 Å². The van der Waals surface area contributed by atoms with Crippen molar-refractivity contribution in [3.8, 4) is 11.3 Å². The smallest absolute Gasteiger partial charge is 0.204 e. The highest BCUT2D eigenvalue weighted by Gasteiger charge is 2.07. The molecule has 0 aliphatic heterocycles. The lowest BCUT2D eigenvalue weighted by Crippen LogP contribution is -2.21. The summed E-state index contributed by atoms with van der Waals surface area (Å²) in [6, 6.07) is 10.3. The molecule has 2 aromatic rings. The molecular formula is C14H18N2OS. The SMILES string of the molecule is CCC(N)CSCc1ncc(-c2ccccc2)o1. The molecule has 1 aromatic heterocycles.